The molecular formula is C20H25ClN4O5S. The first-order valence-electron chi connectivity index (χ1n) is 9.65. The molecule has 2 aromatic rings. The highest BCUT2D eigenvalue weighted by Crippen LogP contribution is 2.31. The van der Waals surface area contributed by atoms with E-state index in [4.69, 9.17) is 21.1 Å². The van der Waals surface area contributed by atoms with Crippen LogP contribution in [-0.4, -0.2) is 75.0 Å². The minimum atomic E-state index is -3.69. The number of piperazine rings is 1. The molecule has 1 aromatic carbocycles. The van der Waals surface area contributed by atoms with E-state index in [1.165, 1.54) is 36.9 Å². The predicted octanol–water partition coefficient (Wildman–Crippen LogP) is 2.09. The molecule has 0 bridgehead atoms. The molecule has 1 aliphatic rings. The first kappa shape index (κ1) is 23.3. The maximum atomic E-state index is 13.0. The molecule has 1 unspecified atom stereocenters. The lowest BCUT2D eigenvalue weighted by Gasteiger charge is -2.36. The van der Waals surface area contributed by atoms with Crippen molar-refractivity contribution in [2.45, 2.75) is 17.9 Å². The molecule has 11 heteroatoms. The van der Waals surface area contributed by atoms with Gasteiger partial charge in [0.15, 0.2) is 11.5 Å². The first-order valence-corrected chi connectivity index (χ1v) is 11.5. The zero-order chi connectivity index (χ0) is 22.6. The lowest BCUT2D eigenvalue weighted by atomic mass is 10.2. The zero-order valence-electron chi connectivity index (χ0n) is 17.5. The second-order valence-corrected chi connectivity index (χ2v) is 9.36. The number of nitrogens with zero attached hydrogens (tertiary/aromatic N) is 3. The second-order valence-electron chi connectivity index (χ2n) is 6.98. The summed E-state index contributed by atoms with van der Waals surface area (Å²) >= 11 is 5.81. The van der Waals surface area contributed by atoms with Crippen LogP contribution in [0.2, 0.25) is 5.02 Å². The molecule has 1 N–H and O–H groups in total. The largest absolute Gasteiger partial charge is 0.493 e. The molecule has 9 nitrogen and oxygen atoms in total. The third-order valence-corrected chi connectivity index (χ3v) is 7.29. The Morgan fingerprint density at radius 3 is 2.35 bits per heavy atom. The Morgan fingerprint density at radius 1 is 1.10 bits per heavy atom. The number of methoxy groups -OCH3 is 2. The number of aromatic nitrogens is 1. The summed E-state index contributed by atoms with van der Waals surface area (Å²) in [5.74, 6) is 1.01. The Bertz CT molecular complexity index is 1020. The number of benzene rings is 1. The van der Waals surface area contributed by atoms with Gasteiger partial charge in [-0.1, -0.05) is 11.6 Å². The van der Waals surface area contributed by atoms with E-state index in [-0.39, 0.29) is 23.9 Å². The third-order valence-electron chi connectivity index (χ3n) is 5.17. The van der Waals surface area contributed by atoms with Crippen LogP contribution in [0.5, 0.6) is 11.5 Å². The molecule has 1 aliphatic heterocycles. The number of carbonyl (C=O) groups is 1. The molecule has 168 valence electrons. The summed E-state index contributed by atoms with van der Waals surface area (Å²) in [5.41, 5.74) is 0. The van der Waals surface area contributed by atoms with Gasteiger partial charge in [-0.2, -0.15) is 4.31 Å². The predicted molar refractivity (Wildman–Crippen MR) is 117 cm³/mol. The van der Waals surface area contributed by atoms with Crippen molar-refractivity contribution in [2.24, 2.45) is 0 Å². The third kappa shape index (κ3) is 5.27. The molecule has 1 saturated heterocycles. The van der Waals surface area contributed by atoms with Gasteiger partial charge in [-0.3, -0.25) is 9.69 Å². The summed E-state index contributed by atoms with van der Waals surface area (Å²) in [5, 5.41) is 3.23. The number of carbonyl (C=O) groups excluding carboxylic acids is 1. The summed E-state index contributed by atoms with van der Waals surface area (Å²) in [6.07, 6.45) is 1.46. The highest BCUT2D eigenvalue weighted by atomic mass is 35.5. The Morgan fingerprint density at radius 2 is 1.77 bits per heavy atom. The monoisotopic (exact) mass is 468 g/mol. The van der Waals surface area contributed by atoms with Crippen LogP contribution in [0.25, 0.3) is 0 Å². The number of nitrogens with one attached hydrogen (secondary N) is 1. The van der Waals surface area contributed by atoms with Crippen LogP contribution < -0.4 is 14.8 Å². The fourth-order valence-corrected chi connectivity index (χ4v) is 4.85. The number of pyridine rings is 1. The smallest absolute Gasteiger partial charge is 0.243 e. The molecule has 31 heavy (non-hydrogen) atoms. The van der Waals surface area contributed by atoms with Crippen LogP contribution >= 0.6 is 11.6 Å². The fourth-order valence-electron chi connectivity index (χ4n) is 3.30. The van der Waals surface area contributed by atoms with Crippen molar-refractivity contribution in [1.82, 2.24) is 14.2 Å². The zero-order valence-corrected chi connectivity index (χ0v) is 19.1. The molecule has 0 saturated carbocycles. The van der Waals surface area contributed by atoms with E-state index in [2.05, 4.69) is 10.3 Å². The van der Waals surface area contributed by atoms with E-state index in [1.807, 2.05) is 4.90 Å². The van der Waals surface area contributed by atoms with Crippen LogP contribution in [-0.2, 0) is 14.8 Å². The SMILES string of the molecule is COc1ccc(S(=O)(=O)N2CCN(C(C)C(=O)Nc3ccc(Cl)cn3)CC2)cc1OC. The maximum absolute atomic E-state index is 13.0. The van der Waals surface area contributed by atoms with Crippen LogP contribution in [0.1, 0.15) is 6.92 Å². The van der Waals surface area contributed by atoms with Gasteiger partial charge in [0.2, 0.25) is 15.9 Å². The topological polar surface area (TPSA) is 101 Å². The number of anilines is 1. The molecule has 1 amide bonds. The van der Waals surface area contributed by atoms with Gasteiger partial charge in [-0.15, -0.1) is 0 Å². The van der Waals surface area contributed by atoms with Crippen molar-refractivity contribution in [1.29, 1.82) is 0 Å². The minimum absolute atomic E-state index is 0.137. The van der Waals surface area contributed by atoms with Gasteiger partial charge in [0.25, 0.3) is 0 Å². The van der Waals surface area contributed by atoms with Gasteiger partial charge < -0.3 is 14.8 Å². The maximum Gasteiger partial charge on any atom is 0.243 e. The van der Waals surface area contributed by atoms with E-state index >= 15 is 0 Å². The van der Waals surface area contributed by atoms with Gasteiger partial charge in [0, 0.05) is 38.4 Å². The first-order chi connectivity index (χ1) is 14.8. The second kappa shape index (κ2) is 9.82. The molecule has 1 aromatic heterocycles. The molecular weight excluding hydrogens is 444 g/mol. The number of ether oxygens (including phenoxy) is 2. The number of hydrogen-bond acceptors (Lipinski definition) is 7. The van der Waals surface area contributed by atoms with E-state index in [0.29, 0.717) is 35.4 Å². The molecule has 1 atom stereocenters. The highest BCUT2D eigenvalue weighted by molar-refractivity contribution is 7.89. The standard InChI is InChI=1S/C20H25ClN4O5S/c1-14(20(26)23-19-7-4-15(21)13-22-19)24-8-10-25(11-9-24)31(27,28)16-5-6-17(29-2)18(12-16)30-3/h4-7,12-14H,8-11H2,1-3H3,(H,22,23,26). The van der Waals surface area contributed by atoms with E-state index in [1.54, 1.807) is 25.1 Å². The molecule has 0 aliphatic carbocycles. The lowest BCUT2D eigenvalue weighted by Crippen LogP contribution is -2.53. The number of sulfonamides is 1. The van der Waals surface area contributed by atoms with Gasteiger partial charge in [0.05, 0.1) is 30.2 Å². The summed E-state index contributed by atoms with van der Waals surface area (Å²) in [7, 11) is -0.745. The number of hydrogen-bond donors (Lipinski definition) is 1. The Labute approximate surface area is 187 Å². The van der Waals surface area contributed by atoms with Gasteiger partial charge in [0.1, 0.15) is 5.82 Å². The van der Waals surface area contributed by atoms with Gasteiger partial charge in [-0.25, -0.2) is 13.4 Å². The summed E-state index contributed by atoms with van der Waals surface area (Å²) < 4.78 is 37.9. The molecule has 3 rings (SSSR count). The summed E-state index contributed by atoms with van der Waals surface area (Å²) in [4.78, 5) is 18.7. The Kier molecular flexibility index (Phi) is 7.37. The lowest BCUT2D eigenvalue weighted by molar-refractivity contribution is -0.121. The summed E-state index contributed by atoms with van der Waals surface area (Å²) in [6, 6.07) is 7.35. The quantitative estimate of drug-likeness (QED) is 0.663. The van der Waals surface area contributed by atoms with Crippen LogP contribution in [0.15, 0.2) is 41.4 Å². The van der Waals surface area contributed by atoms with Gasteiger partial charge >= 0.3 is 0 Å². The fraction of sp³-hybridized carbons (Fsp3) is 0.400. The number of halogens is 1. The van der Waals surface area contributed by atoms with Crippen molar-refractivity contribution in [3.63, 3.8) is 0 Å². The average Bonchev–Trinajstić information content (AvgIpc) is 2.79. The van der Waals surface area contributed by atoms with Crippen LogP contribution in [0.3, 0.4) is 0 Å². The number of amides is 1. The normalized spacial score (nSPS) is 16.5. The highest BCUT2D eigenvalue weighted by Gasteiger charge is 2.32. The van der Waals surface area contributed by atoms with Crippen molar-refractivity contribution < 1.29 is 22.7 Å². The molecule has 2 heterocycles. The van der Waals surface area contributed by atoms with E-state index in [0.717, 1.165) is 0 Å². The molecule has 0 radical (unpaired) electrons. The number of rotatable bonds is 7. The Hall–Kier alpha value is -2.40. The van der Waals surface area contributed by atoms with Crippen LogP contribution in [0, 0.1) is 0 Å². The molecule has 1 fully saturated rings. The van der Waals surface area contributed by atoms with E-state index < -0.39 is 16.1 Å². The Balaban J connectivity index is 1.62. The summed E-state index contributed by atoms with van der Waals surface area (Å²) in [6.45, 7) is 3.18. The average molecular weight is 469 g/mol. The van der Waals surface area contributed by atoms with Gasteiger partial charge in [-0.05, 0) is 31.2 Å². The van der Waals surface area contributed by atoms with Crippen molar-refractivity contribution in [3.8, 4) is 11.5 Å². The van der Waals surface area contributed by atoms with Crippen molar-refractivity contribution in [2.75, 3.05) is 45.7 Å². The minimum Gasteiger partial charge on any atom is -0.493 e. The van der Waals surface area contributed by atoms with Crippen molar-refractivity contribution >= 4 is 33.3 Å². The van der Waals surface area contributed by atoms with E-state index in [9.17, 15) is 13.2 Å². The molecule has 0 spiro atoms. The van der Waals surface area contributed by atoms with Crippen molar-refractivity contribution in [3.05, 3.63) is 41.6 Å². The van der Waals surface area contributed by atoms with Crippen LogP contribution in [0.4, 0.5) is 5.82 Å².